The molecule has 1 unspecified atom stereocenters. The maximum atomic E-state index is 12.2. The van der Waals surface area contributed by atoms with Crippen molar-refractivity contribution < 1.29 is 14.4 Å². The number of carbonyl (C=O) groups is 3. The lowest BCUT2D eigenvalue weighted by atomic mass is 10.1. The van der Waals surface area contributed by atoms with Gasteiger partial charge in [0.1, 0.15) is 0 Å². The van der Waals surface area contributed by atoms with Gasteiger partial charge in [-0.3, -0.25) is 14.4 Å². The number of carbonyl (C=O) groups excluding carboxylic acids is 3. The van der Waals surface area contributed by atoms with Gasteiger partial charge < -0.3 is 15.1 Å². The molecular formula is C20H25N3O3. The van der Waals surface area contributed by atoms with Crippen LogP contribution in [0.1, 0.15) is 24.0 Å². The zero-order valence-corrected chi connectivity index (χ0v) is 15.3. The smallest absolute Gasteiger partial charge is 0.226 e. The maximum Gasteiger partial charge on any atom is 0.226 e. The molecule has 2 aliphatic heterocycles. The molecule has 2 heterocycles. The van der Waals surface area contributed by atoms with Crippen LogP contribution >= 0.6 is 0 Å². The molecule has 26 heavy (non-hydrogen) atoms. The predicted octanol–water partition coefficient (Wildman–Crippen LogP) is 1.20. The Hall–Kier alpha value is -2.63. The Morgan fingerprint density at radius 2 is 1.88 bits per heavy atom. The minimum Gasteiger partial charge on any atom is -0.359 e. The molecule has 6 heteroatoms. The van der Waals surface area contributed by atoms with Crippen molar-refractivity contribution in [2.24, 2.45) is 5.92 Å². The summed E-state index contributed by atoms with van der Waals surface area (Å²) in [7, 11) is 1.59. The van der Waals surface area contributed by atoms with Crippen LogP contribution in [-0.2, 0) is 14.4 Å². The number of rotatable bonds is 5. The van der Waals surface area contributed by atoms with Crippen LogP contribution < -0.4 is 5.32 Å². The summed E-state index contributed by atoms with van der Waals surface area (Å²) in [5, 5.41) is 2.60. The first-order valence-electron chi connectivity index (χ1n) is 9.00. The molecule has 0 radical (unpaired) electrons. The van der Waals surface area contributed by atoms with Gasteiger partial charge in [0.25, 0.3) is 0 Å². The van der Waals surface area contributed by atoms with Crippen molar-refractivity contribution in [3.8, 4) is 0 Å². The Morgan fingerprint density at radius 3 is 2.54 bits per heavy atom. The fraction of sp³-hybridized carbons (Fsp3) is 0.450. The maximum absolute atomic E-state index is 12.2. The van der Waals surface area contributed by atoms with Gasteiger partial charge in [-0.25, -0.2) is 0 Å². The van der Waals surface area contributed by atoms with E-state index in [0.717, 1.165) is 5.56 Å². The van der Waals surface area contributed by atoms with Gasteiger partial charge in [0.15, 0.2) is 0 Å². The van der Waals surface area contributed by atoms with E-state index >= 15 is 0 Å². The Kier molecular flexibility index (Phi) is 5.40. The fourth-order valence-corrected chi connectivity index (χ4v) is 3.42. The van der Waals surface area contributed by atoms with E-state index in [0.29, 0.717) is 26.1 Å². The summed E-state index contributed by atoms with van der Waals surface area (Å²) in [5.41, 5.74) is 2.28. The van der Waals surface area contributed by atoms with Gasteiger partial charge >= 0.3 is 0 Å². The summed E-state index contributed by atoms with van der Waals surface area (Å²) in [5.74, 6) is -0.280. The van der Waals surface area contributed by atoms with E-state index in [-0.39, 0.29) is 36.1 Å². The van der Waals surface area contributed by atoms with Crippen molar-refractivity contribution in [3.63, 3.8) is 0 Å². The number of aryl methyl sites for hydroxylation is 1. The van der Waals surface area contributed by atoms with E-state index in [4.69, 9.17) is 0 Å². The van der Waals surface area contributed by atoms with E-state index in [1.165, 1.54) is 5.56 Å². The highest BCUT2D eigenvalue weighted by Gasteiger charge is 2.42. The standard InChI is InChI=1S/C20H25N3O3/c1-14-6-8-15(9-7-14)4-3-5-18(24)22-12-17(13-22)23-11-16(10-19(23)25)20(26)21-2/h3-4,6-9,16-17H,5,10-13H2,1-2H3,(H,21,26)/b4-3+. The second kappa shape index (κ2) is 7.72. The van der Waals surface area contributed by atoms with Crippen LogP contribution in [0.2, 0.25) is 0 Å². The number of amides is 3. The molecule has 0 spiro atoms. The quantitative estimate of drug-likeness (QED) is 0.863. The summed E-state index contributed by atoms with van der Waals surface area (Å²) in [6, 6.07) is 8.18. The van der Waals surface area contributed by atoms with Gasteiger partial charge in [-0.2, -0.15) is 0 Å². The van der Waals surface area contributed by atoms with Gasteiger partial charge in [0.05, 0.1) is 12.0 Å². The number of nitrogens with zero attached hydrogens (tertiary/aromatic N) is 2. The van der Waals surface area contributed by atoms with E-state index < -0.39 is 0 Å². The molecule has 138 valence electrons. The summed E-state index contributed by atoms with van der Waals surface area (Å²) < 4.78 is 0. The molecule has 0 aromatic heterocycles. The monoisotopic (exact) mass is 355 g/mol. The van der Waals surface area contributed by atoms with Crippen LogP contribution in [0.15, 0.2) is 30.3 Å². The largest absolute Gasteiger partial charge is 0.359 e. The first kappa shape index (κ1) is 18.2. The van der Waals surface area contributed by atoms with Crippen molar-refractivity contribution in [3.05, 3.63) is 41.5 Å². The summed E-state index contributed by atoms with van der Waals surface area (Å²) in [4.78, 5) is 39.6. The SMILES string of the molecule is CNC(=O)C1CC(=O)N(C2CN(C(=O)C/C=C/c3ccc(C)cc3)C2)C1. The van der Waals surface area contributed by atoms with Gasteiger partial charge in [0, 0.05) is 39.5 Å². The van der Waals surface area contributed by atoms with Gasteiger partial charge in [-0.15, -0.1) is 0 Å². The van der Waals surface area contributed by atoms with Crippen LogP contribution in [0.25, 0.3) is 6.08 Å². The normalized spacial score (nSPS) is 20.5. The third-order valence-corrected chi connectivity index (χ3v) is 5.11. The van der Waals surface area contributed by atoms with Gasteiger partial charge in [0.2, 0.25) is 17.7 Å². The molecule has 3 rings (SSSR count). The molecule has 6 nitrogen and oxygen atoms in total. The highest BCUT2D eigenvalue weighted by atomic mass is 16.2. The topological polar surface area (TPSA) is 69.7 Å². The van der Waals surface area contributed by atoms with Crippen molar-refractivity contribution in [2.75, 3.05) is 26.7 Å². The molecule has 1 atom stereocenters. The van der Waals surface area contributed by atoms with Crippen LogP contribution in [0.5, 0.6) is 0 Å². The molecule has 0 bridgehead atoms. The first-order valence-corrected chi connectivity index (χ1v) is 9.00. The molecule has 3 amide bonds. The van der Waals surface area contributed by atoms with Crippen molar-refractivity contribution >= 4 is 23.8 Å². The minimum atomic E-state index is -0.269. The Bertz CT molecular complexity index is 720. The average Bonchev–Trinajstić information content (AvgIpc) is 2.96. The second-order valence-corrected chi connectivity index (χ2v) is 7.03. The highest BCUT2D eigenvalue weighted by Crippen LogP contribution is 2.25. The summed E-state index contributed by atoms with van der Waals surface area (Å²) >= 11 is 0. The number of nitrogens with one attached hydrogen (secondary N) is 1. The van der Waals surface area contributed by atoms with E-state index in [9.17, 15) is 14.4 Å². The van der Waals surface area contributed by atoms with Crippen molar-refractivity contribution in [1.29, 1.82) is 0 Å². The van der Waals surface area contributed by atoms with Gasteiger partial charge in [-0.1, -0.05) is 42.0 Å². The average molecular weight is 355 g/mol. The fourth-order valence-electron chi connectivity index (χ4n) is 3.42. The van der Waals surface area contributed by atoms with Crippen molar-refractivity contribution in [1.82, 2.24) is 15.1 Å². The molecule has 1 aromatic rings. The zero-order valence-electron chi connectivity index (χ0n) is 15.3. The van der Waals surface area contributed by atoms with Crippen LogP contribution in [0, 0.1) is 12.8 Å². The third kappa shape index (κ3) is 3.95. The van der Waals surface area contributed by atoms with Gasteiger partial charge in [-0.05, 0) is 12.5 Å². The molecule has 0 aliphatic carbocycles. The zero-order chi connectivity index (χ0) is 18.7. The Labute approximate surface area is 153 Å². The molecule has 1 N–H and O–H groups in total. The summed E-state index contributed by atoms with van der Waals surface area (Å²) in [6.45, 7) is 3.62. The lowest BCUT2D eigenvalue weighted by molar-refractivity contribution is -0.143. The number of hydrogen-bond acceptors (Lipinski definition) is 3. The minimum absolute atomic E-state index is 0.00923. The molecule has 1 aromatic carbocycles. The molecule has 2 aliphatic rings. The Balaban J connectivity index is 1.44. The highest BCUT2D eigenvalue weighted by molar-refractivity contribution is 5.89. The van der Waals surface area contributed by atoms with E-state index in [2.05, 4.69) is 5.32 Å². The lowest BCUT2D eigenvalue weighted by Crippen LogP contribution is -2.61. The van der Waals surface area contributed by atoms with Crippen LogP contribution in [-0.4, -0.2) is 60.2 Å². The first-order chi connectivity index (χ1) is 12.5. The molecular weight excluding hydrogens is 330 g/mol. The Morgan fingerprint density at radius 1 is 1.19 bits per heavy atom. The number of hydrogen-bond donors (Lipinski definition) is 1. The molecule has 2 saturated heterocycles. The van der Waals surface area contributed by atoms with Crippen molar-refractivity contribution in [2.45, 2.75) is 25.8 Å². The molecule has 0 saturated carbocycles. The second-order valence-electron chi connectivity index (χ2n) is 7.03. The number of benzene rings is 1. The molecule has 2 fully saturated rings. The van der Waals surface area contributed by atoms with E-state index in [1.807, 2.05) is 43.3 Å². The predicted molar refractivity (Wildman–Crippen MR) is 99.1 cm³/mol. The van der Waals surface area contributed by atoms with Crippen LogP contribution in [0.4, 0.5) is 0 Å². The lowest BCUT2D eigenvalue weighted by Gasteiger charge is -2.44. The van der Waals surface area contributed by atoms with Crippen LogP contribution in [0.3, 0.4) is 0 Å². The summed E-state index contributed by atoms with van der Waals surface area (Å²) in [6.07, 6.45) is 4.45. The number of likely N-dealkylation sites (tertiary alicyclic amines) is 2. The van der Waals surface area contributed by atoms with E-state index in [1.54, 1.807) is 16.8 Å². The third-order valence-electron chi connectivity index (χ3n) is 5.11.